The van der Waals surface area contributed by atoms with E-state index in [0.717, 1.165) is 31.5 Å². The molecular weight excluding hydrogens is 1950 g/mol. The highest BCUT2D eigenvalue weighted by atomic mass is 32.2. The number of imidazole rings is 1. The van der Waals surface area contributed by atoms with Crippen molar-refractivity contribution in [3.63, 3.8) is 0 Å². The SMILES string of the molecule is C#CC[C@H](NC(=O)CNC(=O)[C@@H]1CSCC(=O)N[C@@H](Cc2ccc(O)cc2)C(=O)N(C)[C@@H](C)C(=O)N[C@@H](CC(=O)O)C(=O)N2CCC[C@H]2C(=O)N[C@@H](Cc2c[nH]cn2)C(=O)N[C@@H](CCCCN)C(=O)N2C[C@H](O)C[C@H]2C(=O)C[C@@H](Cc2c[nH]c3ccccc23)C(=O)N[C@@H](CCCCN)C(=O)N[C@@H](Cc2cn(CC(=O)O)c3ccccc23)C(=O)N(C)[C@@H](CCCC)C(=O)N(C)[C@@H](CCCC)C(=O)N[C@@H](CCC(=O)O)C(=O)N1)C(N)=O. The Hall–Kier alpha value is -14.9. The summed E-state index contributed by atoms with van der Waals surface area (Å²) in [5, 5.41) is 79.7. The lowest BCUT2D eigenvalue weighted by Crippen LogP contribution is -2.60. The first-order valence-electron chi connectivity index (χ1n) is 49.9. The number of para-hydroxylation sites is 2. The first-order chi connectivity index (χ1) is 71.1. The molecule has 47 nitrogen and oxygen atoms in total. The van der Waals surface area contributed by atoms with E-state index in [9.17, 15) is 73.5 Å². The number of rotatable bonds is 35. The highest BCUT2D eigenvalue weighted by Crippen LogP contribution is 2.31. The Labute approximate surface area is 864 Å². The van der Waals surface area contributed by atoms with Gasteiger partial charge >= 0.3 is 17.9 Å². The maximum absolute atomic E-state index is 16.2. The van der Waals surface area contributed by atoms with Crippen molar-refractivity contribution in [3.8, 4) is 18.1 Å². The smallest absolute Gasteiger partial charge is 0.323 e. The van der Waals surface area contributed by atoms with Crippen molar-refractivity contribution in [2.75, 3.05) is 65.4 Å². The molecular formula is C101H138N22O25S. The highest BCUT2D eigenvalue weighted by molar-refractivity contribution is 8.00. The van der Waals surface area contributed by atoms with E-state index in [1.165, 1.54) is 68.6 Å². The van der Waals surface area contributed by atoms with Crippen LogP contribution in [0.4, 0.5) is 0 Å². The number of terminal acetylenes is 1. The van der Waals surface area contributed by atoms with Crippen molar-refractivity contribution >= 4 is 152 Å². The molecule has 23 N–H and O–H groups in total. The molecule has 3 fully saturated rings. The van der Waals surface area contributed by atoms with Gasteiger partial charge < -0.3 is 135 Å². The minimum absolute atomic E-state index is 0.0824. The van der Waals surface area contributed by atoms with Gasteiger partial charge in [-0.2, -0.15) is 0 Å². The fraction of sp³-hybridized carbons (Fsp3) is 0.535. The number of aliphatic hydroxyl groups excluding tert-OH is 1. The molecule has 0 radical (unpaired) electrons. The van der Waals surface area contributed by atoms with Gasteiger partial charge in [0.1, 0.15) is 90.8 Å². The van der Waals surface area contributed by atoms with Crippen molar-refractivity contribution < 1.29 is 121 Å². The molecule has 3 aromatic heterocycles. The van der Waals surface area contributed by atoms with Crippen LogP contribution in [0.25, 0.3) is 21.8 Å². The number of amides is 16. The maximum atomic E-state index is 16.2. The first-order valence-corrected chi connectivity index (χ1v) is 51.1. The summed E-state index contributed by atoms with van der Waals surface area (Å²) in [6.07, 6.45) is 6.23. The van der Waals surface area contributed by atoms with Gasteiger partial charge in [-0.1, -0.05) is 88.1 Å². The summed E-state index contributed by atoms with van der Waals surface area (Å²) >= 11 is 0.642. The van der Waals surface area contributed by atoms with Crippen LogP contribution in [-0.4, -0.2) is 344 Å². The number of carboxylic acids is 3. The molecule has 0 saturated carbocycles. The van der Waals surface area contributed by atoms with Crippen molar-refractivity contribution in [1.29, 1.82) is 0 Å². The molecule has 0 unspecified atom stereocenters. The number of unbranched alkanes of at least 4 members (excludes halogenated alkanes) is 4. The molecule has 0 aliphatic carbocycles. The highest BCUT2D eigenvalue weighted by Gasteiger charge is 2.47. The number of hydrogen-bond donors (Lipinski definition) is 20. The summed E-state index contributed by atoms with van der Waals surface area (Å²) in [5.41, 5.74) is 20.0. The van der Waals surface area contributed by atoms with Gasteiger partial charge in [-0.05, 0) is 138 Å². The number of fused-ring (bicyclic) bond motifs is 4. The van der Waals surface area contributed by atoms with Crippen LogP contribution in [0.15, 0.2) is 97.7 Å². The van der Waals surface area contributed by atoms with Crippen LogP contribution in [0, 0.1) is 18.3 Å². The Morgan fingerprint density at radius 3 is 1.83 bits per heavy atom. The number of nitrogens with one attached hydrogen (secondary N) is 12. The number of aliphatic carboxylic acids is 3. The number of likely N-dealkylation sites (N-methyl/N-ethyl adjacent to an activating group) is 3. The molecule has 3 saturated heterocycles. The molecule has 6 aromatic rings. The topological polar surface area (TPSA) is 707 Å². The second-order valence-corrected chi connectivity index (χ2v) is 38.7. The monoisotopic (exact) mass is 2090 g/mol. The number of aromatic nitrogens is 4. The number of aromatic amines is 2. The van der Waals surface area contributed by atoms with Gasteiger partial charge in [0.15, 0.2) is 5.78 Å². The van der Waals surface area contributed by atoms with Gasteiger partial charge in [-0.3, -0.25) is 95.9 Å². The van der Waals surface area contributed by atoms with E-state index in [0.29, 0.717) is 69.5 Å². The number of nitrogens with two attached hydrogens (primary N) is 3. The van der Waals surface area contributed by atoms with Crippen LogP contribution >= 0.6 is 11.8 Å². The number of Topliss-reactive ketones (excluding diaryl/α,β-unsaturated/α-hetero) is 1. The minimum Gasteiger partial charge on any atom is -0.508 e. The second-order valence-electron chi connectivity index (χ2n) is 37.7. The third kappa shape index (κ3) is 33.8. The van der Waals surface area contributed by atoms with Crippen LogP contribution in [0.3, 0.4) is 0 Å². The third-order valence-corrected chi connectivity index (χ3v) is 27.8. The van der Waals surface area contributed by atoms with Crippen LogP contribution in [0.5, 0.6) is 5.75 Å². The van der Waals surface area contributed by atoms with Gasteiger partial charge in [0.25, 0.3) is 0 Å². The van der Waals surface area contributed by atoms with E-state index in [2.05, 4.69) is 74.0 Å². The predicted molar refractivity (Wildman–Crippen MR) is 543 cm³/mol. The largest absolute Gasteiger partial charge is 0.508 e. The summed E-state index contributed by atoms with van der Waals surface area (Å²) in [4.78, 5) is 308. The van der Waals surface area contributed by atoms with Crippen molar-refractivity contribution in [2.24, 2.45) is 23.1 Å². The average molecular weight is 2090 g/mol. The lowest BCUT2D eigenvalue weighted by Gasteiger charge is -2.36. The molecule has 808 valence electrons. The first kappa shape index (κ1) is 118. The molecule has 3 aromatic carbocycles. The number of hydrogen-bond acceptors (Lipinski definition) is 26. The quantitative estimate of drug-likeness (QED) is 0.0162. The van der Waals surface area contributed by atoms with E-state index < -0.39 is 278 Å². The van der Waals surface area contributed by atoms with Crippen LogP contribution in [0.2, 0.25) is 0 Å². The summed E-state index contributed by atoms with van der Waals surface area (Å²) in [7, 11) is 3.71. The molecule has 3 aliphatic rings. The summed E-state index contributed by atoms with van der Waals surface area (Å²) < 4.78 is 1.42. The van der Waals surface area contributed by atoms with E-state index in [4.69, 9.17) is 23.6 Å². The summed E-state index contributed by atoms with van der Waals surface area (Å²) in [6.45, 7) is 2.86. The number of carboxylic acid groups (broad SMARTS) is 3. The van der Waals surface area contributed by atoms with Gasteiger partial charge in [-0.15, -0.1) is 24.1 Å². The Bertz CT molecular complexity index is 5790. The van der Waals surface area contributed by atoms with E-state index in [1.807, 2.05) is 0 Å². The summed E-state index contributed by atoms with van der Waals surface area (Å²) in [5.74, 6) is -21.9. The normalized spacial score (nSPS) is 23.7. The zero-order valence-electron chi connectivity index (χ0n) is 84.4. The van der Waals surface area contributed by atoms with Crippen LogP contribution in [0.1, 0.15) is 172 Å². The van der Waals surface area contributed by atoms with Gasteiger partial charge in [0.05, 0.1) is 42.9 Å². The Morgan fingerprint density at radius 2 is 1.17 bits per heavy atom. The number of phenolic OH excluding ortho intramolecular Hbond substituents is 1. The fourth-order valence-electron chi connectivity index (χ4n) is 18.4. The molecule has 0 spiro atoms. The van der Waals surface area contributed by atoms with E-state index in [-0.39, 0.29) is 134 Å². The molecule has 3 aliphatic heterocycles. The zero-order valence-corrected chi connectivity index (χ0v) is 85.2. The van der Waals surface area contributed by atoms with Crippen molar-refractivity contribution in [2.45, 2.75) is 272 Å². The molecule has 6 heterocycles. The van der Waals surface area contributed by atoms with Crippen LogP contribution in [-0.2, 0) is 128 Å². The Kier molecular flexibility index (Phi) is 45.4. The Balaban J connectivity index is 1.15. The van der Waals surface area contributed by atoms with E-state index in [1.54, 1.807) is 68.6 Å². The lowest BCUT2D eigenvalue weighted by atomic mass is 9.90. The lowest BCUT2D eigenvalue weighted by molar-refractivity contribution is -0.149. The standard InChI is InChI=1S/C101H138N22O25S/c1-8-11-28-78-95(142)112-70(36-37-85(129)130)93(140)117-76(91(138)107-50-83(127)109-68(22-10-3)88(104)135)54-149-55-84(128)110-73(41-58-32-34-63(124)35-33-58)97(144)118(5)57(4)89(136)115-75(47-86(131)132)100(147)122-40-21-31-79(122)96(143)114-72(45-62-49-105-56-108-62)94(141)113-71(27-18-20-39-103)99(146)123-52-64(125)46-81(123)82(126)44-59(42-60-48-106-67-25-15-13-23-65(60)67)90(137)111-69(26-17-19-38-102)92(139)116-74(98(145)120(7)80(29-12-9-2)101(148)119(78)6)43-61-51-121(53-87(133)134)77-30-16-14-24-66(61)77/h3,13-16,23-25,30,32-35,48-49,51,56-57,59,64,68-76,78-81,106,124-125H,8-9,11-12,17-22,26-29,31,36-47,50,52-55,102-103H2,1-2,4-7H3,(H2,104,135)(H,105,108)(H,107,138)(H,109,127)(H,110,128)(H,111,137)(H,112,142)(H,113,141)(H,114,143)(H,115,136)(H,116,139)(H,117,140)(H,129,130)(H,131,132)(H,133,134)/t57-,59+,64+,68-,69-,70-,71-,72-,73-,74-,75-,76-,78-,79-,80-,81-/m0/s1. The zero-order chi connectivity index (χ0) is 109. The third-order valence-electron chi connectivity index (χ3n) is 26.7. The number of nitrogens with zero attached hydrogens (tertiary/aromatic N) is 7. The summed E-state index contributed by atoms with van der Waals surface area (Å²) in [6, 6.07) is -3.71. The number of carbonyl (C=O) groups excluding carboxylic acids is 17. The van der Waals surface area contributed by atoms with Crippen molar-refractivity contribution in [3.05, 3.63) is 120 Å². The molecule has 48 heteroatoms. The number of benzene rings is 3. The number of thioether (sulfide) groups is 1. The Morgan fingerprint density at radius 1 is 0.577 bits per heavy atom. The molecule has 16 atom stereocenters. The van der Waals surface area contributed by atoms with Crippen LogP contribution < -0.4 is 70.4 Å². The number of carbonyl (C=O) groups is 20. The molecule has 149 heavy (non-hydrogen) atoms. The van der Waals surface area contributed by atoms with Crippen molar-refractivity contribution in [1.82, 2.24) is 97.2 Å². The van der Waals surface area contributed by atoms with Gasteiger partial charge in [0, 0.05) is 131 Å². The van der Waals surface area contributed by atoms with Gasteiger partial charge in [0.2, 0.25) is 94.5 Å². The number of aliphatic hydroxyl groups is 1. The molecule has 0 bridgehead atoms. The average Bonchev–Trinajstić information content (AvgIpc) is 1.67. The number of primary amides is 1. The predicted octanol–water partition coefficient (Wildman–Crippen LogP) is -1.35. The van der Waals surface area contributed by atoms with Gasteiger partial charge in [-0.25, -0.2) is 4.98 Å². The molecule has 16 amide bonds. The number of aromatic hydroxyl groups is 1. The molecule has 9 rings (SSSR count). The number of H-pyrrole nitrogens is 2. The minimum atomic E-state index is -1.95. The maximum Gasteiger partial charge on any atom is 0.323 e. The fourth-order valence-corrected chi connectivity index (χ4v) is 19.3. The second kappa shape index (κ2) is 57.5. The number of ketones is 1. The van der Waals surface area contributed by atoms with E-state index >= 15 is 47.9 Å². The number of phenols is 1.